The lowest BCUT2D eigenvalue weighted by Crippen LogP contribution is -2.52. The van der Waals surface area contributed by atoms with Crippen LogP contribution < -0.4 is 5.32 Å². The van der Waals surface area contributed by atoms with Crippen LogP contribution in [0.25, 0.3) is 0 Å². The molecule has 1 aliphatic heterocycles. The first-order chi connectivity index (χ1) is 8.20. The van der Waals surface area contributed by atoms with Crippen LogP contribution >= 0.6 is 0 Å². The third-order valence-electron chi connectivity index (χ3n) is 4.15. The van der Waals surface area contributed by atoms with Gasteiger partial charge in [0, 0.05) is 31.8 Å². The Kier molecular flexibility index (Phi) is 7.09. The highest BCUT2D eigenvalue weighted by Gasteiger charge is 2.30. The maximum atomic E-state index is 5.54. The predicted octanol–water partition coefficient (Wildman–Crippen LogP) is 2.12. The Bertz CT molecular complexity index is 199. The largest absolute Gasteiger partial charge is 0.381 e. The fourth-order valence-corrected chi connectivity index (χ4v) is 2.78. The second kappa shape index (κ2) is 8.06. The molecular formula is C14H30N2O. The summed E-state index contributed by atoms with van der Waals surface area (Å²) in [6, 6.07) is 1.38. The topological polar surface area (TPSA) is 24.5 Å². The third kappa shape index (κ3) is 4.57. The van der Waals surface area contributed by atoms with Gasteiger partial charge in [0.2, 0.25) is 0 Å². The van der Waals surface area contributed by atoms with E-state index >= 15 is 0 Å². The van der Waals surface area contributed by atoms with Gasteiger partial charge in [-0.15, -0.1) is 0 Å². The minimum atomic E-state index is 0.687. The Morgan fingerprint density at radius 3 is 2.71 bits per heavy atom. The summed E-state index contributed by atoms with van der Waals surface area (Å²) in [7, 11) is 2.09. The number of ether oxygens (including phenoxy) is 1. The Morgan fingerprint density at radius 1 is 1.29 bits per heavy atom. The van der Waals surface area contributed by atoms with Gasteiger partial charge in [-0.3, -0.25) is 0 Å². The molecule has 0 spiro atoms. The van der Waals surface area contributed by atoms with Gasteiger partial charge in [0.1, 0.15) is 0 Å². The number of piperidine rings is 1. The van der Waals surface area contributed by atoms with E-state index < -0.39 is 0 Å². The molecule has 17 heavy (non-hydrogen) atoms. The zero-order chi connectivity index (χ0) is 12.7. The number of nitrogens with one attached hydrogen (secondary N) is 1. The summed E-state index contributed by atoms with van der Waals surface area (Å²) in [6.45, 7) is 11.1. The van der Waals surface area contributed by atoms with Gasteiger partial charge in [0.25, 0.3) is 0 Å². The molecule has 1 heterocycles. The smallest absolute Gasteiger partial charge is 0.0478 e. The van der Waals surface area contributed by atoms with Crippen LogP contribution in [0.5, 0.6) is 0 Å². The average molecular weight is 242 g/mol. The molecule has 0 bridgehead atoms. The highest BCUT2D eigenvalue weighted by molar-refractivity contribution is 4.87. The zero-order valence-corrected chi connectivity index (χ0v) is 12.0. The van der Waals surface area contributed by atoms with Crippen molar-refractivity contribution in [3.05, 3.63) is 0 Å². The summed E-state index contributed by atoms with van der Waals surface area (Å²) < 4.78 is 5.54. The lowest BCUT2D eigenvalue weighted by Gasteiger charge is -2.42. The summed E-state index contributed by atoms with van der Waals surface area (Å²) in [5, 5.41) is 3.44. The average Bonchev–Trinajstić information content (AvgIpc) is 2.34. The van der Waals surface area contributed by atoms with Gasteiger partial charge in [0.05, 0.1) is 0 Å². The van der Waals surface area contributed by atoms with Gasteiger partial charge in [-0.05, 0) is 45.7 Å². The highest BCUT2D eigenvalue weighted by atomic mass is 16.5. The van der Waals surface area contributed by atoms with Crippen molar-refractivity contribution in [2.75, 3.05) is 33.4 Å². The number of nitrogens with zero attached hydrogens (tertiary/aromatic N) is 1. The van der Waals surface area contributed by atoms with Gasteiger partial charge in [-0.25, -0.2) is 0 Å². The van der Waals surface area contributed by atoms with Crippen molar-refractivity contribution in [3.8, 4) is 0 Å². The van der Waals surface area contributed by atoms with Crippen molar-refractivity contribution < 1.29 is 4.74 Å². The van der Waals surface area contributed by atoms with Crippen LogP contribution in [0, 0.1) is 5.92 Å². The molecule has 1 fully saturated rings. The van der Waals surface area contributed by atoms with Crippen LogP contribution in [0.15, 0.2) is 0 Å². The van der Waals surface area contributed by atoms with Crippen LogP contribution in [0.3, 0.4) is 0 Å². The second-order valence-electron chi connectivity index (χ2n) is 5.29. The first-order valence-corrected chi connectivity index (χ1v) is 7.19. The van der Waals surface area contributed by atoms with Crippen molar-refractivity contribution in [2.24, 2.45) is 5.92 Å². The summed E-state index contributed by atoms with van der Waals surface area (Å²) in [5.74, 6) is 0.741. The minimum Gasteiger partial charge on any atom is -0.381 e. The molecule has 1 saturated heterocycles. The van der Waals surface area contributed by atoms with Gasteiger partial charge >= 0.3 is 0 Å². The van der Waals surface area contributed by atoms with Crippen molar-refractivity contribution >= 4 is 0 Å². The molecule has 102 valence electrons. The normalized spacial score (nSPS) is 30.7. The molecule has 0 amide bonds. The molecule has 3 nitrogen and oxygen atoms in total. The van der Waals surface area contributed by atoms with E-state index in [0.29, 0.717) is 12.1 Å². The molecule has 0 aromatic heterocycles. The van der Waals surface area contributed by atoms with Gasteiger partial charge in [-0.2, -0.15) is 0 Å². The molecule has 0 aliphatic carbocycles. The third-order valence-corrected chi connectivity index (χ3v) is 4.15. The summed E-state index contributed by atoms with van der Waals surface area (Å²) >= 11 is 0. The molecular weight excluding hydrogens is 212 g/mol. The highest BCUT2D eigenvalue weighted by Crippen LogP contribution is 2.23. The predicted molar refractivity (Wildman–Crippen MR) is 73.4 cm³/mol. The number of likely N-dealkylation sites (tertiary alicyclic amines) is 1. The molecule has 0 aromatic carbocycles. The molecule has 3 unspecified atom stereocenters. The summed E-state index contributed by atoms with van der Waals surface area (Å²) in [5.41, 5.74) is 0. The standard InChI is InChI=1S/C14H30N2O/c1-5-10-17-11-6-8-16-9-7-14(15-4)12(2)13(16)3/h12-15H,5-11H2,1-4H3. The van der Waals surface area contributed by atoms with E-state index in [2.05, 4.69) is 38.0 Å². The minimum absolute atomic E-state index is 0.687. The maximum absolute atomic E-state index is 5.54. The molecule has 1 N–H and O–H groups in total. The quantitative estimate of drug-likeness (QED) is 0.692. The van der Waals surface area contributed by atoms with Crippen molar-refractivity contribution in [2.45, 2.75) is 52.1 Å². The number of hydrogen-bond donors (Lipinski definition) is 1. The van der Waals surface area contributed by atoms with E-state index in [4.69, 9.17) is 4.74 Å². The molecule has 1 rings (SSSR count). The monoisotopic (exact) mass is 242 g/mol. The SMILES string of the molecule is CCCOCCCN1CCC(NC)C(C)C1C. The van der Waals surface area contributed by atoms with Gasteiger partial charge in [0.15, 0.2) is 0 Å². The zero-order valence-electron chi connectivity index (χ0n) is 12.0. The van der Waals surface area contributed by atoms with Crippen molar-refractivity contribution in [1.29, 1.82) is 0 Å². The maximum Gasteiger partial charge on any atom is 0.0478 e. The number of hydrogen-bond acceptors (Lipinski definition) is 3. The molecule has 0 saturated carbocycles. The number of rotatable bonds is 7. The van der Waals surface area contributed by atoms with Crippen LogP contribution in [0.4, 0.5) is 0 Å². The van der Waals surface area contributed by atoms with Gasteiger partial charge in [-0.1, -0.05) is 13.8 Å². The van der Waals surface area contributed by atoms with Crippen LogP contribution in [0.1, 0.15) is 40.0 Å². The molecule has 3 atom stereocenters. The fraction of sp³-hybridized carbons (Fsp3) is 1.00. The van der Waals surface area contributed by atoms with E-state index in [-0.39, 0.29) is 0 Å². The van der Waals surface area contributed by atoms with E-state index in [0.717, 1.165) is 25.6 Å². The van der Waals surface area contributed by atoms with E-state index in [9.17, 15) is 0 Å². The van der Waals surface area contributed by atoms with Gasteiger partial charge < -0.3 is 15.0 Å². The van der Waals surface area contributed by atoms with E-state index in [1.807, 2.05) is 0 Å². The Morgan fingerprint density at radius 2 is 2.06 bits per heavy atom. The Labute approximate surface area is 107 Å². The first kappa shape index (κ1) is 14.9. The van der Waals surface area contributed by atoms with E-state index in [1.54, 1.807) is 0 Å². The van der Waals surface area contributed by atoms with Crippen LogP contribution in [0.2, 0.25) is 0 Å². The van der Waals surface area contributed by atoms with Crippen LogP contribution in [-0.4, -0.2) is 50.3 Å². The lowest BCUT2D eigenvalue weighted by molar-refractivity contribution is 0.0690. The molecule has 1 aliphatic rings. The van der Waals surface area contributed by atoms with Crippen LogP contribution in [-0.2, 0) is 4.74 Å². The molecule has 0 radical (unpaired) electrons. The van der Waals surface area contributed by atoms with Crippen molar-refractivity contribution in [3.63, 3.8) is 0 Å². The summed E-state index contributed by atoms with van der Waals surface area (Å²) in [6.07, 6.45) is 3.57. The Balaban J connectivity index is 2.21. The lowest BCUT2D eigenvalue weighted by atomic mass is 9.87. The first-order valence-electron chi connectivity index (χ1n) is 7.19. The molecule has 3 heteroatoms. The second-order valence-corrected chi connectivity index (χ2v) is 5.29. The Hall–Kier alpha value is -0.120. The summed E-state index contributed by atoms with van der Waals surface area (Å²) in [4.78, 5) is 2.62. The van der Waals surface area contributed by atoms with Crippen molar-refractivity contribution in [1.82, 2.24) is 10.2 Å². The fourth-order valence-electron chi connectivity index (χ4n) is 2.78. The van der Waals surface area contributed by atoms with E-state index in [1.165, 1.54) is 25.9 Å². The molecule has 0 aromatic rings.